The Hall–Kier alpha value is -0.0500. The van der Waals surface area contributed by atoms with Crippen molar-refractivity contribution in [3.05, 3.63) is 35.4 Å². The fraction of sp³-hybridized carbons (Fsp3) is 0.400. The van der Waals surface area contributed by atoms with Crippen LogP contribution in [0.5, 0.6) is 0 Å². The highest BCUT2D eigenvalue weighted by Gasteiger charge is 1.86. The SMILES string of the molecule is CC.Cc1cccc(CI)c1. The van der Waals surface area contributed by atoms with Crippen LogP contribution in [0.1, 0.15) is 25.0 Å². The molecule has 0 aliphatic rings. The Morgan fingerprint density at radius 1 is 1.27 bits per heavy atom. The lowest BCUT2D eigenvalue weighted by molar-refractivity contribution is 1.38. The first-order valence-electron chi connectivity index (χ1n) is 3.94. The van der Waals surface area contributed by atoms with Gasteiger partial charge in [-0.3, -0.25) is 0 Å². The third-order valence-corrected chi connectivity index (χ3v) is 2.12. The Labute approximate surface area is 83.2 Å². The minimum absolute atomic E-state index is 1.11. The molecule has 62 valence electrons. The first-order chi connectivity index (χ1) is 5.33. The molecular weight excluding hydrogens is 247 g/mol. The molecule has 0 saturated heterocycles. The molecule has 0 unspecified atom stereocenters. The molecular formula is C10H15I. The molecule has 1 heteroatoms. The van der Waals surface area contributed by atoms with Crippen molar-refractivity contribution in [3.63, 3.8) is 0 Å². The van der Waals surface area contributed by atoms with Crippen LogP contribution in [-0.2, 0) is 4.43 Å². The van der Waals surface area contributed by atoms with E-state index in [9.17, 15) is 0 Å². The lowest BCUT2D eigenvalue weighted by Crippen LogP contribution is -1.76. The first-order valence-corrected chi connectivity index (χ1v) is 5.47. The molecule has 0 fully saturated rings. The molecule has 1 aromatic carbocycles. The molecule has 0 heterocycles. The second-order valence-corrected chi connectivity index (χ2v) is 2.89. The Bertz CT molecular complexity index is 194. The molecule has 0 N–H and O–H groups in total. The van der Waals surface area contributed by atoms with Crippen molar-refractivity contribution in [2.45, 2.75) is 25.2 Å². The van der Waals surface area contributed by atoms with Crippen LogP contribution < -0.4 is 0 Å². The number of benzene rings is 1. The maximum absolute atomic E-state index is 2.37. The summed E-state index contributed by atoms with van der Waals surface area (Å²) in [6.45, 7) is 6.12. The summed E-state index contributed by atoms with van der Waals surface area (Å²) < 4.78 is 1.11. The van der Waals surface area contributed by atoms with Crippen molar-refractivity contribution in [2.24, 2.45) is 0 Å². The van der Waals surface area contributed by atoms with Crippen LogP contribution in [0.4, 0.5) is 0 Å². The third-order valence-electron chi connectivity index (χ3n) is 1.24. The minimum atomic E-state index is 1.11. The quantitative estimate of drug-likeness (QED) is 0.531. The van der Waals surface area contributed by atoms with Crippen LogP contribution in [0.25, 0.3) is 0 Å². The highest BCUT2D eigenvalue weighted by molar-refractivity contribution is 14.1. The van der Waals surface area contributed by atoms with Gasteiger partial charge in [-0.05, 0) is 12.5 Å². The zero-order chi connectivity index (χ0) is 8.69. The summed E-state index contributed by atoms with van der Waals surface area (Å²) in [4.78, 5) is 0. The fourth-order valence-corrected chi connectivity index (χ4v) is 1.27. The van der Waals surface area contributed by atoms with Crippen LogP contribution in [0.15, 0.2) is 24.3 Å². The van der Waals surface area contributed by atoms with Gasteiger partial charge in [-0.25, -0.2) is 0 Å². The van der Waals surface area contributed by atoms with E-state index in [0.29, 0.717) is 0 Å². The van der Waals surface area contributed by atoms with Crippen LogP contribution in [0.3, 0.4) is 0 Å². The average Bonchev–Trinajstić information content (AvgIpc) is 2.08. The number of aryl methyl sites for hydroxylation is 1. The number of rotatable bonds is 1. The molecule has 0 aromatic heterocycles. The van der Waals surface area contributed by atoms with E-state index >= 15 is 0 Å². The Morgan fingerprint density at radius 3 is 2.27 bits per heavy atom. The molecule has 0 aliphatic carbocycles. The van der Waals surface area contributed by atoms with E-state index in [2.05, 4.69) is 53.8 Å². The molecule has 0 aliphatic heterocycles. The summed E-state index contributed by atoms with van der Waals surface area (Å²) in [7, 11) is 0. The maximum Gasteiger partial charge on any atom is 0.0247 e. The summed E-state index contributed by atoms with van der Waals surface area (Å²) in [5.41, 5.74) is 2.76. The number of hydrogen-bond donors (Lipinski definition) is 0. The van der Waals surface area contributed by atoms with E-state index in [1.54, 1.807) is 0 Å². The second kappa shape index (κ2) is 6.65. The van der Waals surface area contributed by atoms with Crippen LogP contribution in [0, 0.1) is 6.92 Å². The maximum atomic E-state index is 2.37. The van der Waals surface area contributed by atoms with E-state index in [-0.39, 0.29) is 0 Å². The summed E-state index contributed by atoms with van der Waals surface area (Å²) in [5.74, 6) is 0. The van der Waals surface area contributed by atoms with Crippen molar-refractivity contribution in [1.82, 2.24) is 0 Å². The summed E-state index contributed by atoms with van der Waals surface area (Å²) in [6, 6.07) is 8.59. The topological polar surface area (TPSA) is 0 Å². The third kappa shape index (κ3) is 4.40. The number of alkyl halides is 1. The molecule has 0 bridgehead atoms. The Balaban J connectivity index is 0.000000461. The van der Waals surface area contributed by atoms with E-state index in [0.717, 1.165) is 4.43 Å². The smallest absolute Gasteiger partial charge is 0.0247 e. The molecule has 0 amide bonds. The van der Waals surface area contributed by atoms with Gasteiger partial charge in [0, 0.05) is 4.43 Å². The predicted octanol–water partition coefficient (Wildman–Crippen LogP) is 3.96. The minimum Gasteiger partial charge on any atom is -0.0812 e. The standard InChI is InChI=1S/C8H9I.C2H6/c1-7-3-2-4-8(5-7)6-9;1-2/h2-5H,6H2,1H3;1-2H3. The van der Waals surface area contributed by atoms with Gasteiger partial charge in [0.05, 0.1) is 0 Å². The molecule has 0 saturated carbocycles. The zero-order valence-electron chi connectivity index (χ0n) is 7.39. The van der Waals surface area contributed by atoms with Crippen molar-refractivity contribution >= 4 is 22.6 Å². The lowest BCUT2D eigenvalue weighted by Gasteiger charge is -1.94. The number of halogens is 1. The van der Waals surface area contributed by atoms with Crippen LogP contribution >= 0.6 is 22.6 Å². The summed E-state index contributed by atoms with van der Waals surface area (Å²) >= 11 is 2.37. The summed E-state index contributed by atoms with van der Waals surface area (Å²) in [6.07, 6.45) is 0. The fourth-order valence-electron chi connectivity index (χ4n) is 0.795. The van der Waals surface area contributed by atoms with Crippen LogP contribution in [-0.4, -0.2) is 0 Å². The van der Waals surface area contributed by atoms with Gasteiger partial charge in [0.25, 0.3) is 0 Å². The van der Waals surface area contributed by atoms with Gasteiger partial charge in [0.1, 0.15) is 0 Å². The molecule has 0 nitrogen and oxygen atoms in total. The van der Waals surface area contributed by atoms with Gasteiger partial charge in [0.2, 0.25) is 0 Å². The van der Waals surface area contributed by atoms with Gasteiger partial charge in [-0.2, -0.15) is 0 Å². The first kappa shape index (κ1) is 11.0. The summed E-state index contributed by atoms with van der Waals surface area (Å²) in [5, 5.41) is 0. The van der Waals surface area contributed by atoms with E-state index in [4.69, 9.17) is 0 Å². The van der Waals surface area contributed by atoms with E-state index in [1.807, 2.05) is 13.8 Å². The molecule has 0 radical (unpaired) electrons. The van der Waals surface area contributed by atoms with Crippen LogP contribution in [0.2, 0.25) is 0 Å². The van der Waals surface area contributed by atoms with Crippen molar-refractivity contribution < 1.29 is 0 Å². The van der Waals surface area contributed by atoms with E-state index in [1.165, 1.54) is 11.1 Å². The Morgan fingerprint density at radius 2 is 1.91 bits per heavy atom. The average molecular weight is 262 g/mol. The lowest BCUT2D eigenvalue weighted by atomic mass is 10.2. The largest absolute Gasteiger partial charge is 0.0812 e. The molecule has 1 aromatic rings. The van der Waals surface area contributed by atoms with Crippen molar-refractivity contribution in [2.75, 3.05) is 0 Å². The van der Waals surface area contributed by atoms with Crippen molar-refractivity contribution in [3.8, 4) is 0 Å². The molecule has 11 heavy (non-hydrogen) atoms. The highest BCUT2D eigenvalue weighted by Crippen LogP contribution is 2.07. The second-order valence-electron chi connectivity index (χ2n) is 2.12. The van der Waals surface area contributed by atoms with Gasteiger partial charge in [-0.15, -0.1) is 0 Å². The van der Waals surface area contributed by atoms with Gasteiger partial charge < -0.3 is 0 Å². The van der Waals surface area contributed by atoms with E-state index < -0.39 is 0 Å². The monoisotopic (exact) mass is 262 g/mol. The molecule has 0 atom stereocenters. The number of hydrogen-bond acceptors (Lipinski definition) is 0. The van der Waals surface area contributed by atoms with Gasteiger partial charge in [-0.1, -0.05) is 66.3 Å². The van der Waals surface area contributed by atoms with Crippen molar-refractivity contribution in [1.29, 1.82) is 0 Å². The predicted molar refractivity (Wildman–Crippen MR) is 60.3 cm³/mol. The highest BCUT2D eigenvalue weighted by atomic mass is 127. The van der Waals surface area contributed by atoms with Gasteiger partial charge >= 0.3 is 0 Å². The van der Waals surface area contributed by atoms with Gasteiger partial charge in [0.15, 0.2) is 0 Å². The Kier molecular flexibility index (Phi) is 6.62. The zero-order valence-corrected chi connectivity index (χ0v) is 9.55. The molecule has 1 rings (SSSR count). The molecule has 0 spiro atoms. The normalized spacial score (nSPS) is 8.36.